The molecule has 0 aromatic rings. The lowest BCUT2D eigenvalue weighted by Gasteiger charge is -2.00. The van der Waals surface area contributed by atoms with Crippen molar-refractivity contribution in [2.75, 3.05) is 7.11 Å². The third-order valence-electron chi connectivity index (χ3n) is 3.74. The SMILES string of the molecule is CCCCC(O)C#CCCCCCCCC#CCCCC(=O)OC. The number of ether oxygens (including phenoxy) is 1. The zero-order valence-corrected chi connectivity index (χ0v) is 15.5. The van der Waals surface area contributed by atoms with Gasteiger partial charge in [-0.1, -0.05) is 44.9 Å². The minimum absolute atomic E-state index is 0.156. The maximum atomic E-state index is 10.9. The van der Waals surface area contributed by atoms with Crippen molar-refractivity contribution in [3.05, 3.63) is 0 Å². The molecule has 0 aliphatic carbocycles. The number of hydrogen-bond donors (Lipinski definition) is 1. The molecule has 0 fully saturated rings. The van der Waals surface area contributed by atoms with E-state index in [0.29, 0.717) is 6.42 Å². The first kappa shape index (κ1) is 22.6. The van der Waals surface area contributed by atoms with Crippen LogP contribution >= 0.6 is 0 Å². The molecule has 1 unspecified atom stereocenters. The molecule has 24 heavy (non-hydrogen) atoms. The number of carbonyl (C=O) groups excluding carboxylic acids is 1. The van der Waals surface area contributed by atoms with Crippen molar-refractivity contribution < 1.29 is 14.6 Å². The van der Waals surface area contributed by atoms with Gasteiger partial charge in [0.25, 0.3) is 0 Å². The molecule has 0 amide bonds. The second-order valence-electron chi connectivity index (χ2n) is 6.03. The van der Waals surface area contributed by atoms with Crippen molar-refractivity contribution in [2.24, 2.45) is 0 Å². The van der Waals surface area contributed by atoms with E-state index in [1.807, 2.05) is 0 Å². The van der Waals surface area contributed by atoms with E-state index in [1.165, 1.54) is 26.4 Å². The minimum Gasteiger partial charge on any atom is -0.469 e. The Morgan fingerprint density at radius 3 is 2.12 bits per heavy atom. The van der Waals surface area contributed by atoms with E-state index in [0.717, 1.165) is 57.8 Å². The van der Waals surface area contributed by atoms with Gasteiger partial charge in [-0.05, 0) is 25.7 Å². The fourth-order valence-electron chi connectivity index (χ4n) is 2.22. The van der Waals surface area contributed by atoms with Crippen LogP contribution < -0.4 is 0 Å². The molecule has 0 aromatic heterocycles. The summed E-state index contributed by atoms with van der Waals surface area (Å²) in [5.41, 5.74) is 0. The second kappa shape index (κ2) is 17.9. The highest BCUT2D eigenvalue weighted by Crippen LogP contribution is 2.07. The lowest BCUT2D eigenvalue weighted by Crippen LogP contribution is -2.01. The predicted molar refractivity (Wildman–Crippen MR) is 99.3 cm³/mol. The summed E-state index contributed by atoms with van der Waals surface area (Å²) >= 11 is 0. The molecule has 0 aliphatic rings. The molecule has 0 rings (SSSR count). The van der Waals surface area contributed by atoms with E-state index in [-0.39, 0.29) is 5.97 Å². The lowest BCUT2D eigenvalue weighted by atomic mass is 10.1. The first-order chi connectivity index (χ1) is 11.7. The fraction of sp³-hybridized carbons (Fsp3) is 0.762. The van der Waals surface area contributed by atoms with E-state index >= 15 is 0 Å². The first-order valence-electron chi connectivity index (χ1n) is 9.39. The van der Waals surface area contributed by atoms with E-state index < -0.39 is 6.10 Å². The fourth-order valence-corrected chi connectivity index (χ4v) is 2.22. The molecule has 3 heteroatoms. The second-order valence-corrected chi connectivity index (χ2v) is 6.03. The summed E-state index contributed by atoms with van der Waals surface area (Å²) in [4.78, 5) is 10.9. The lowest BCUT2D eigenvalue weighted by molar-refractivity contribution is -0.140. The number of methoxy groups -OCH3 is 1. The van der Waals surface area contributed by atoms with Gasteiger partial charge < -0.3 is 9.84 Å². The minimum atomic E-state index is -0.434. The van der Waals surface area contributed by atoms with Gasteiger partial charge in [-0.3, -0.25) is 4.79 Å². The van der Waals surface area contributed by atoms with E-state index in [4.69, 9.17) is 0 Å². The van der Waals surface area contributed by atoms with Gasteiger partial charge in [-0.2, -0.15) is 0 Å². The van der Waals surface area contributed by atoms with Gasteiger partial charge in [0.2, 0.25) is 0 Å². The summed E-state index contributed by atoms with van der Waals surface area (Å²) < 4.78 is 4.58. The number of unbranched alkanes of at least 4 members (excludes halogenated alkanes) is 8. The molecule has 0 bridgehead atoms. The third-order valence-corrected chi connectivity index (χ3v) is 3.74. The predicted octanol–water partition coefficient (Wildman–Crippen LogP) is 4.62. The van der Waals surface area contributed by atoms with Gasteiger partial charge in [-0.15, -0.1) is 17.8 Å². The van der Waals surface area contributed by atoms with Crippen LogP contribution in [0.4, 0.5) is 0 Å². The zero-order valence-electron chi connectivity index (χ0n) is 15.5. The smallest absolute Gasteiger partial charge is 0.305 e. The van der Waals surface area contributed by atoms with Crippen molar-refractivity contribution >= 4 is 5.97 Å². The summed E-state index contributed by atoms with van der Waals surface area (Å²) in [6.07, 6.45) is 12.3. The standard InChI is InChI=1S/C21H34O3/c1-3-4-17-20(22)18-15-13-11-9-7-5-6-8-10-12-14-16-19-21(23)24-2/h20,22H,3-9,11,13-14,16-17,19H2,1-2H3. The molecule has 0 saturated carbocycles. The van der Waals surface area contributed by atoms with Crippen molar-refractivity contribution in [3.8, 4) is 23.7 Å². The van der Waals surface area contributed by atoms with Gasteiger partial charge in [0.15, 0.2) is 0 Å². The van der Waals surface area contributed by atoms with E-state index in [9.17, 15) is 9.90 Å². The van der Waals surface area contributed by atoms with Crippen molar-refractivity contribution in [1.82, 2.24) is 0 Å². The summed E-state index contributed by atoms with van der Waals surface area (Å²) in [5, 5.41) is 9.59. The normalized spacial score (nSPS) is 11.0. The first-order valence-corrected chi connectivity index (χ1v) is 9.39. The van der Waals surface area contributed by atoms with Crippen LogP contribution in [-0.4, -0.2) is 24.3 Å². The molecular formula is C21H34O3. The van der Waals surface area contributed by atoms with Crippen LogP contribution in [0.5, 0.6) is 0 Å². The van der Waals surface area contributed by atoms with Gasteiger partial charge in [-0.25, -0.2) is 0 Å². The average molecular weight is 335 g/mol. The molecule has 0 aliphatic heterocycles. The topological polar surface area (TPSA) is 46.5 Å². The summed E-state index contributed by atoms with van der Waals surface area (Å²) in [6, 6.07) is 0. The third kappa shape index (κ3) is 16.9. The average Bonchev–Trinajstić information content (AvgIpc) is 2.59. The molecule has 0 aromatic carbocycles. The van der Waals surface area contributed by atoms with Gasteiger partial charge in [0.1, 0.15) is 6.10 Å². The number of carbonyl (C=O) groups is 1. The van der Waals surface area contributed by atoms with E-state index in [2.05, 4.69) is 35.3 Å². The highest BCUT2D eigenvalue weighted by molar-refractivity contribution is 5.69. The Morgan fingerprint density at radius 2 is 1.50 bits per heavy atom. The van der Waals surface area contributed by atoms with Crippen molar-refractivity contribution in [1.29, 1.82) is 0 Å². The Balaban J connectivity index is 3.34. The summed E-state index contributed by atoms with van der Waals surface area (Å²) in [5.74, 6) is 12.1. The molecule has 0 saturated heterocycles. The maximum Gasteiger partial charge on any atom is 0.305 e. The Hall–Kier alpha value is -1.45. The summed E-state index contributed by atoms with van der Waals surface area (Å²) in [6.45, 7) is 2.12. The zero-order chi connectivity index (χ0) is 17.9. The molecule has 0 radical (unpaired) electrons. The van der Waals surface area contributed by atoms with Gasteiger partial charge >= 0.3 is 5.97 Å². The van der Waals surface area contributed by atoms with Crippen LogP contribution in [0.2, 0.25) is 0 Å². The van der Waals surface area contributed by atoms with Gasteiger partial charge in [0, 0.05) is 25.7 Å². The number of esters is 1. The van der Waals surface area contributed by atoms with Crippen LogP contribution in [0.3, 0.4) is 0 Å². The molecular weight excluding hydrogens is 300 g/mol. The molecule has 1 atom stereocenters. The Morgan fingerprint density at radius 1 is 0.917 bits per heavy atom. The number of rotatable bonds is 12. The maximum absolute atomic E-state index is 10.9. The van der Waals surface area contributed by atoms with Crippen molar-refractivity contribution in [2.45, 2.75) is 96.5 Å². The molecule has 1 N–H and O–H groups in total. The highest BCUT2D eigenvalue weighted by Gasteiger charge is 1.97. The largest absolute Gasteiger partial charge is 0.469 e. The van der Waals surface area contributed by atoms with Crippen LogP contribution in [0.1, 0.15) is 90.4 Å². The number of aliphatic hydroxyl groups is 1. The Labute approximate surface area is 148 Å². The summed E-state index contributed by atoms with van der Waals surface area (Å²) in [7, 11) is 1.41. The Kier molecular flexibility index (Phi) is 16.8. The van der Waals surface area contributed by atoms with Crippen LogP contribution in [0, 0.1) is 23.7 Å². The molecule has 0 heterocycles. The molecule has 3 nitrogen and oxygen atoms in total. The van der Waals surface area contributed by atoms with Crippen molar-refractivity contribution in [3.63, 3.8) is 0 Å². The molecule has 136 valence electrons. The monoisotopic (exact) mass is 334 g/mol. The quantitative estimate of drug-likeness (QED) is 0.322. The molecule has 0 spiro atoms. The highest BCUT2D eigenvalue weighted by atomic mass is 16.5. The Bertz CT molecular complexity index is 420. The van der Waals surface area contributed by atoms with Gasteiger partial charge in [0.05, 0.1) is 7.11 Å². The van der Waals surface area contributed by atoms with E-state index in [1.54, 1.807) is 0 Å². The van der Waals surface area contributed by atoms with Crippen LogP contribution in [0.25, 0.3) is 0 Å². The van der Waals surface area contributed by atoms with Crippen LogP contribution in [0.15, 0.2) is 0 Å². The van der Waals surface area contributed by atoms with Crippen LogP contribution in [-0.2, 0) is 9.53 Å². The number of aliphatic hydroxyl groups excluding tert-OH is 1. The number of hydrogen-bond acceptors (Lipinski definition) is 3.